The average molecular weight is 118 g/mol. The lowest BCUT2D eigenvalue weighted by Gasteiger charge is -2.24. The van der Waals surface area contributed by atoms with Gasteiger partial charge in [0.2, 0.25) is 0 Å². The molecule has 46 valence electrons. The van der Waals surface area contributed by atoms with Crippen LogP contribution in [0.25, 0.3) is 0 Å². The fourth-order valence-corrected chi connectivity index (χ4v) is 2.48. The van der Waals surface area contributed by atoms with E-state index >= 15 is 0 Å². The van der Waals surface area contributed by atoms with E-state index in [0.717, 1.165) is 11.8 Å². The first-order valence-electron chi connectivity index (χ1n) is 3.85. The van der Waals surface area contributed by atoms with Crippen molar-refractivity contribution in [1.82, 2.24) is 0 Å². The topological polar surface area (TPSA) is 0 Å². The molecule has 0 amide bonds. The molecule has 0 radical (unpaired) electrons. The zero-order valence-electron chi connectivity index (χ0n) is 5.43. The first-order chi connectivity index (χ1) is 4.45. The van der Waals surface area contributed by atoms with E-state index in [1.807, 2.05) is 11.1 Å². The number of fused-ring (bicyclic) bond motifs is 4. The average Bonchev–Trinajstić information content (AvgIpc) is 2.18. The van der Waals surface area contributed by atoms with Crippen molar-refractivity contribution in [1.29, 1.82) is 0 Å². The van der Waals surface area contributed by atoms with Gasteiger partial charge in [-0.15, -0.1) is 0 Å². The predicted molar refractivity (Wildman–Crippen MR) is 37.0 cm³/mol. The second-order valence-electron chi connectivity index (χ2n) is 3.38. The lowest BCUT2D eigenvalue weighted by atomic mass is 9.81. The Kier molecular flexibility index (Phi) is 0.555. The fraction of sp³-hybridized carbons (Fsp3) is 0.556. The Morgan fingerprint density at radius 2 is 1.56 bits per heavy atom. The van der Waals surface area contributed by atoms with Crippen molar-refractivity contribution < 1.29 is 0 Å². The molecule has 9 heavy (non-hydrogen) atoms. The molecule has 0 saturated carbocycles. The minimum Gasteiger partial charge on any atom is -0.0807 e. The third kappa shape index (κ3) is 0.346. The van der Waals surface area contributed by atoms with Gasteiger partial charge in [-0.05, 0) is 31.1 Å². The van der Waals surface area contributed by atoms with E-state index in [0.29, 0.717) is 0 Å². The Labute approximate surface area is 55.3 Å². The van der Waals surface area contributed by atoms with Gasteiger partial charge in [0.05, 0.1) is 0 Å². The fourth-order valence-electron chi connectivity index (χ4n) is 2.48. The molecule has 0 saturated heterocycles. The summed E-state index contributed by atoms with van der Waals surface area (Å²) in [7, 11) is 0. The molecule has 0 aromatic heterocycles. The maximum absolute atomic E-state index is 2.41. The zero-order valence-corrected chi connectivity index (χ0v) is 5.43. The van der Waals surface area contributed by atoms with Gasteiger partial charge in [0, 0.05) is 0 Å². The van der Waals surface area contributed by atoms with Crippen LogP contribution in [0, 0.1) is 11.8 Å². The molecule has 2 atom stereocenters. The summed E-state index contributed by atoms with van der Waals surface area (Å²) in [4.78, 5) is 0. The van der Waals surface area contributed by atoms with Gasteiger partial charge >= 0.3 is 0 Å². The van der Waals surface area contributed by atoms with Gasteiger partial charge in [-0.2, -0.15) is 0 Å². The highest BCUT2D eigenvalue weighted by Crippen LogP contribution is 2.52. The predicted octanol–water partition coefficient (Wildman–Crippen LogP) is 2.28. The van der Waals surface area contributed by atoms with Gasteiger partial charge in [0.15, 0.2) is 0 Å². The molecule has 3 rings (SSSR count). The molecule has 0 aliphatic heterocycles. The minimum absolute atomic E-state index is 0.902. The van der Waals surface area contributed by atoms with Crippen molar-refractivity contribution in [2.45, 2.75) is 19.3 Å². The van der Waals surface area contributed by atoms with Crippen LogP contribution in [0.1, 0.15) is 19.3 Å². The van der Waals surface area contributed by atoms with Gasteiger partial charge in [-0.1, -0.05) is 23.3 Å². The smallest absolute Gasteiger partial charge is 0.00114 e. The largest absolute Gasteiger partial charge is 0.0807 e. The molecule has 0 aromatic carbocycles. The SMILES string of the molecule is C1=CC2CC1C1=C2CC1. The van der Waals surface area contributed by atoms with Crippen molar-refractivity contribution in [3.8, 4) is 0 Å². The molecule has 3 aliphatic carbocycles. The Morgan fingerprint density at radius 3 is 1.89 bits per heavy atom. The maximum atomic E-state index is 2.41. The van der Waals surface area contributed by atoms with E-state index in [1.54, 1.807) is 0 Å². The Hall–Kier alpha value is -0.520. The summed E-state index contributed by atoms with van der Waals surface area (Å²) in [6.45, 7) is 0. The molecule has 0 spiro atoms. The third-order valence-corrected chi connectivity index (χ3v) is 3.05. The summed E-state index contributed by atoms with van der Waals surface area (Å²) in [5.41, 5.74) is 3.62. The molecular formula is C9H10. The number of hydrogen-bond donors (Lipinski definition) is 0. The summed E-state index contributed by atoms with van der Waals surface area (Å²) < 4.78 is 0. The molecule has 0 heterocycles. The van der Waals surface area contributed by atoms with Crippen LogP contribution in [0.4, 0.5) is 0 Å². The highest BCUT2D eigenvalue weighted by atomic mass is 14.4. The van der Waals surface area contributed by atoms with Gasteiger partial charge in [-0.25, -0.2) is 0 Å². The highest BCUT2D eigenvalue weighted by Gasteiger charge is 2.38. The maximum Gasteiger partial charge on any atom is -0.00114 e. The molecule has 2 bridgehead atoms. The quantitative estimate of drug-likeness (QED) is 0.428. The summed E-state index contributed by atoms with van der Waals surface area (Å²) in [6, 6.07) is 0. The normalized spacial score (nSPS) is 43.6. The Balaban J connectivity index is 2.16. The van der Waals surface area contributed by atoms with Crippen LogP contribution in [0.15, 0.2) is 23.3 Å². The van der Waals surface area contributed by atoms with E-state index in [1.165, 1.54) is 19.3 Å². The van der Waals surface area contributed by atoms with Gasteiger partial charge in [0.1, 0.15) is 0 Å². The van der Waals surface area contributed by atoms with Crippen LogP contribution in [-0.2, 0) is 0 Å². The molecule has 0 fully saturated rings. The number of hydrogen-bond acceptors (Lipinski definition) is 0. The lowest BCUT2D eigenvalue weighted by molar-refractivity contribution is 0.714. The first kappa shape index (κ1) is 4.32. The van der Waals surface area contributed by atoms with Crippen molar-refractivity contribution in [2.75, 3.05) is 0 Å². The van der Waals surface area contributed by atoms with Crippen LogP contribution < -0.4 is 0 Å². The zero-order chi connectivity index (χ0) is 5.84. The standard InChI is InChI=1S/C9H10/c1-2-7-5-6(1)8-3-4-9(7)8/h1-2,6-7H,3-5H2. The molecule has 0 heteroatoms. The highest BCUT2D eigenvalue weighted by molar-refractivity contribution is 5.43. The minimum atomic E-state index is 0.902. The van der Waals surface area contributed by atoms with Crippen molar-refractivity contribution in [3.05, 3.63) is 23.3 Å². The van der Waals surface area contributed by atoms with Crippen LogP contribution in [0.3, 0.4) is 0 Å². The van der Waals surface area contributed by atoms with E-state index in [-0.39, 0.29) is 0 Å². The van der Waals surface area contributed by atoms with Crippen molar-refractivity contribution >= 4 is 0 Å². The Bertz CT molecular complexity index is 198. The number of rotatable bonds is 0. The van der Waals surface area contributed by atoms with Crippen molar-refractivity contribution in [3.63, 3.8) is 0 Å². The monoisotopic (exact) mass is 118 g/mol. The van der Waals surface area contributed by atoms with Gasteiger partial charge in [-0.3, -0.25) is 0 Å². The summed E-state index contributed by atoms with van der Waals surface area (Å²) in [5.74, 6) is 1.80. The summed E-state index contributed by atoms with van der Waals surface area (Å²) >= 11 is 0. The molecule has 0 nitrogen and oxygen atoms in total. The Morgan fingerprint density at radius 1 is 1.00 bits per heavy atom. The summed E-state index contributed by atoms with van der Waals surface area (Å²) in [5, 5.41) is 0. The van der Waals surface area contributed by atoms with E-state index in [4.69, 9.17) is 0 Å². The number of allylic oxidation sites excluding steroid dienone is 4. The summed E-state index contributed by atoms with van der Waals surface area (Å²) in [6.07, 6.45) is 9.08. The second kappa shape index (κ2) is 1.16. The van der Waals surface area contributed by atoms with E-state index in [2.05, 4.69) is 12.2 Å². The lowest BCUT2D eigenvalue weighted by Crippen LogP contribution is -2.07. The molecule has 3 aliphatic rings. The van der Waals surface area contributed by atoms with Crippen LogP contribution in [0.5, 0.6) is 0 Å². The van der Waals surface area contributed by atoms with E-state index in [9.17, 15) is 0 Å². The van der Waals surface area contributed by atoms with Crippen LogP contribution >= 0.6 is 0 Å². The first-order valence-corrected chi connectivity index (χ1v) is 3.85. The van der Waals surface area contributed by atoms with Gasteiger partial charge < -0.3 is 0 Å². The molecule has 0 N–H and O–H groups in total. The molecule has 0 aromatic rings. The second-order valence-corrected chi connectivity index (χ2v) is 3.38. The van der Waals surface area contributed by atoms with E-state index < -0.39 is 0 Å². The van der Waals surface area contributed by atoms with Crippen molar-refractivity contribution in [2.24, 2.45) is 11.8 Å². The molecular weight excluding hydrogens is 108 g/mol. The third-order valence-electron chi connectivity index (χ3n) is 3.05. The van der Waals surface area contributed by atoms with Gasteiger partial charge in [0.25, 0.3) is 0 Å². The van der Waals surface area contributed by atoms with Crippen LogP contribution in [0.2, 0.25) is 0 Å². The molecule has 2 unspecified atom stereocenters. The van der Waals surface area contributed by atoms with Crippen LogP contribution in [-0.4, -0.2) is 0 Å².